The fourth-order valence-corrected chi connectivity index (χ4v) is 4.20. The van der Waals surface area contributed by atoms with Crippen LogP contribution in [0.4, 0.5) is 11.6 Å². The molecular weight excluding hydrogens is 314 g/mol. The number of piperazine rings is 1. The van der Waals surface area contributed by atoms with E-state index in [0.29, 0.717) is 12.1 Å². The Hall–Kier alpha value is -2.70. The molecule has 2 atom stereocenters. The predicted octanol–water partition coefficient (Wildman–Crippen LogP) is 1.91. The molecule has 3 aliphatic rings. The van der Waals surface area contributed by atoms with Crippen LogP contribution in [-0.2, 0) is 0 Å². The minimum Gasteiger partial charge on any atom is -0.352 e. The molecule has 2 unspecified atom stereocenters. The number of anilines is 2. The maximum atomic E-state index is 4.56. The van der Waals surface area contributed by atoms with Gasteiger partial charge in [0.2, 0.25) is 0 Å². The monoisotopic (exact) mass is 335 g/mol. The van der Waals surface area contributed by atoms with Gasteiger partial charge in [-0.25, -0.2) is 15.0 Å². The Morgan fingerprint density at radius 1 is 1.08 bits per heavy atom. The lowest BCUT2D eigenvalue weighted by molar-refractivity contribution is 0.286. The summed E-state index contributed by atoms with van der Waals surface area (Å²) < 4.78 is 1.96. The zero-order valence-corrected chi connectivity index (χ0v) is 14.7. The predicted molar refractivity (Wildman–Crippen MR) is 96.1 cm³/mol. The molecule has 0 saturated carbocycles. The van der Waals surface area contributed by atoms with Crippen molar-refractivity contribution in [3.63, 3.8) is 0 Å². The summed E-state index contributed by atoms with van der Waals surface area (Å²) in [5.41, 5.74) is 4.19. The van der Waals surface area contributed by atoms with Crippen molar-refractivity contribution in [1.82, 2.24) is 24.6 Å². The Bertz CT molecular complexity index is 951. The van der Waals surface area contributed by atoms with Gasteiger partial charge >= 0.3 is 0 Å². The van der Waals surface area contributed by atoms with E-state index in [-0.39, 0.29) is 0 Å². The lowest BCUT2D eigenvalue weighted by atomic mass is 9.87. The lowest BCUT2D eigenvalue weighted by Gasteiger charge is -2.57. The zero-order chi connectivity index (χ0) is 17.1. The van der Waals surface area contributed by atoms with Gasteiger partial charge in [-0.05, 0) is 27.2 Å². The Morgan fingerprint density at radius 3 is 2.68 bits per heavy atom. The minimum atomic E-state index is 0.489. The molecule has 3 fully saturated rings. The average Bonchev–Trinajstić information content (AvgIpc) is 3.05. The van der Waals surface area contributed by atoms with Crippen molar-refractivity contribution < 1.29 is 0 Å². The number of piperidine rings is 1. The number of aryl methyl sites for hydroxylation is 2. The molecule has 128 valence electrons. The molecular formula is C18H21N7. The van der Waals surface area contributed by atoms with Crippen LogP contribution < -0.4 is 9.80 Å². The molecule has 7 heteroatoms. The summed E-state index contributed by atoms with van der Waals surface area (Å²) in [4.78, 5) is 18.3. The van der Waals surface area contributed by atoms with Gasteiger partial charge in [0.1, 0.15) is 18.0 Å². The fourth-order valence-electron chi connectivity index (χ4n) is 4.20. The van der Waals surface area contributed by atoms with Crippen LogP contribution in [0.2, 0.25) is 0 Å². The molecule has 7 nitrogen and oxygen atoms in total. The fraction of sp³-hybridized carbons (Fsp3) is 0.444. The van der Waals surface area contributed by atoms with Crippen LogP contribution in [0.5, 0.6) is 0 Å². The first kappa shape index (κ1) is 14.6. The molecule has 0 N–H and O–H groups in total. The summed E-state index contributed by atoms with van der Waals surface area (Å²) in [6.07, 6.45) is 4.72. The average molecular weight is 335 g/mol. The molecule has 3 saturated heterocycles. The summed E-state index contributed by atoms with van der Waals surface area (Å²) in [5.74, 6) is 2.24. The smallest absolute Gasteiger partial charge is 0.157 e. The van der Waals surface area contributed by atoms with E-state index in [9.17, 15) is 0 Å². The highest BCUT2D eigenvalue weighted by Gasteiger charge is 2.46. The summed E-state index contributed by atoms with van der Waals surface area (Å²) in [7, 11) is 0. The van der Waals surface area contributed by atoms with Crippen LogP contribution in [0.25, 0.3) is 5.65 Å². The van der Waals surface area contributed by atoms with E-state index < -0.39 is 0 Å². The van der Waals surface area contributed by atoms with Gasteiger partial charge in [0.15, 0.2) is 5.65 Å². The van der Waals surface area contributed by atoms with Gasteiger partial charge in [-0.3, -0.25) is 0 Å². The van der Waals surface area contributed by atoms with Crippen molar-refractivity contribution in [2.75, 3.05) is 22.9 Å². The van der Waals surface area contributed by atoms with Gasteiger partial charge in [-0.1, -0.05) is 0 Å². The van der Waals surface area contributed by atoms with Crippen molar-refractivity contribution >= 4 is 17.3 Å². The van der Waals surface area contributed by atoms with Crippen molar-refractivity contribution in [3.05, 3.63) is 41.6 Å². The number of hydrogen-bond acceptors (Lipinski definition) is 6. The van der Waals surface area contributed by atoms with Crippen molar-refractivity contribution in [2.24, 2.45) is 0 Å². The first-order valence-electron chi connectivity index (χ1n) is 8.74. The van der Waals surface area contributed by atoms with Gasteiger partial charge in [0.05, 0.1) is 18.3 Å². The Balaban J connectivity index is 1.47. The third kappa shape index (κ3) is 2.11. The number of fused-ring (bicyclic) bond motifs is 3. The number of rotatable bonds is 2. The molecule has 3 aliphatic heterocycles. The third-order valence-electron chi connectivity index (χ3n) is 5.54. The second-order valence-electron chi connectivity index (χ2n) is 7.12. The normalized spacial score (nSPS) is 22.4. The van der Waals surface area contributed by atoms with Crippen LogP contribution in [0.1, 0.15) is 23.4 Å². The van der Waals surface area contributed by atoms with E-state index in [0.717, 1.165) is 41.8 Å². The highest BCUT2D eigenvalue weighted by atomic mass is 15.4. The van der Waals surface area contributed by atoms with Gasteiger partial charge < -0.3 is 9.80 Å². The number of aromatic nitrogens is 5. The molecule has 0 aromatic carbocycles. The molecule has 2 bridgehead atoms. The van der Waals surface area contributed by atoms with E-state index in [1.165, 1.54) is 12.0 Å². The van der Waals surface area contributed by atoms with E-state index >= 15 is 0 Å². The second-order valence-corrected chi connectivity index (χ2v) is 7.12. The molecule has 3 aromatic rings. The first-order chi connectivity index (χ1) is 12.1. The molecule has 25 heavy (non-hydrogen) atoms. The molecule has 0 spiro atoms. The third-order valence-corrected chi connectivity index (χ3v) is 5.54. The number of nitrogens with zero attached hydrogens (tertiary/aromatic N) is 7. The van der Waals surface area contributed by atoms with E-state index in [4.69, 9.17) is 0 Å². The first-order valence-corrected chi connectivity index (χ1v) is 8.74. The Labute approximate surface area is 146 Å². The van der Waals surface area contributed by atoms with Crippen molar-refractivity contribution in [2.45, 2.75) is 39.3 Å². The van der Waals surface area contributed by atoms with E-state index in [1.807, 2.05) is 30.6 Å². The van der Waals surface area contributed by atoms with Gasteiger partial charge in [0, 0.05) is 42.2 Å². The van der Waals surface area contributed by atoms with Gasteiger partial charge in [-0.15, -0.1) is 0 Å². The van der Waals surface area contributed by atoms with Crippen LogP contribution >= 0.6 is 0 Å². The van der Waals surface area contributed by atoms with Crippen LogP contribution in [-0.4, -0.2) is 49.7 Å². The van der Waals surface area contributed by atoms with Gasteiger partial charge in [0.25, 0.3) is 0 Å². The molecule has 0 radical (unpaired) electrons. The Kier molecular flexibility index (Phi) is 3.01. The zero-order valence-electron chi connectivity index (χ0n) is 14.7. The maximum absolute atomic E-state index is 4.56. The highest BCUT2D eigenvalue weighted by molar-refractivity contribution is 5.58. The Morgan fingerprint density at radius 2 is 1.88 bits per heavy atom. The molecule has 6 heterocycles. The lowest BCUT2D eigenvalue weighted by Crippen LogP contribution is -2.69. The summed E-state index contributed by atoms with van der Waals surface area (Å²) >= 11 is 0. The highest BCUT2D eigenvalue weighted by Crippen LogP contribution is 2.38. The maximum Gasteiger partial charge on any atom is 0.157 e. The summed E-state index contributed by atoms with van der Waals surface area (Å²) in [6.45, 7) is 8.18. The van der Waals surface area contributed by atoms with Crippen LogP contribution in [0, 0.1) is 20.8 Å². The van der Waals surface area contributed by atoms with Crippen molar-refractivity contribution in [3.8, 4) is 0 Å². The van der Waals surface area contributed by atoms with Crippen LogP contribution in [0.15, 0.2) is 24.7 Å². The van der Waals surface area contributed by atoms with E-state index in [1.54, 1.807) is 6.33 Å². The van der Waals surface area contributed by atoms with Crippen molar-refractivity contribution in [1.29, 1.82) is 0 Å². The molecule has 3 aromatic heterocycles. The van der Waals surface area contributed by atoms with Crippen LogP contribution in [0.3, 0.4) is 0 Å². The topological polar surface area (TPSA) is 62.5 Å². The SMILES string of the molecule is Cc1cc(N2C3CC2CN(c2ncnc(C)c2C)C3)n2nccc2n1. The second kappa shape index (κ2) is 5.15. The minimum absolute atomic E-state index is 0.489. The van der Waals surface area contributed by atoms with Gasteiger partial charge in [-0.2, -0.15) is 9.61 Å². The van der Waals surface area contributed by atoms with E-state index in [2.05, 4.69) is 42.8 Å². The summed E-state index contributed by atoms with van der Waals surface area (Å²) in [6, 6.07) is 5.09. The molecule has 0 aliphatic carbocycles. The standard InChI is InChI=1S/C18H21N7/c1-11-6-17(25-16(22-11)4-5-21-25)24-14-7-15(24)9-23(8-14)18-12(2)13(3)19-10-20-18/h4-6,10,14-15H,7-9H2,1-3H3. The largest absolute Gasteiger partial charge is 0.352 e. The quantitative estimate of drug-likeness (QED) is 0.713. The summed E-state index contributed by atoms with van der Waals surface area (Å²) in [5, 5.41) is 4.47. The number of hydrogen-bond donors (Lipinski definition) is 0. The molecule has 6 rings (SSSR count). The molecule has 0 amide bonds.